The fourth-order valence-corrected chi connectivity index (χ4v) is 3.21. The van der Waals surface area contributed by atoms with Crippen LogP contribution in [0.1, 0.15) is 6.42 Å². The smallest absolute Gasteiger partial charge is 0.0594 e. The van der Waals surface area contributed by atoms with Crippen LogP contribution in [-0.2, 0) is 4.74 Å². The van der Waals surface area contributed by atoms with Gasteiger partial charge in [-0.2, -0.15) is 0 Å². The van der Waals surface area contributed by atoms with Crippen molar-refractivity contribution >= 4 is 5.69 Å². The van der Waals surface area contributed by atoms with Gasteiger partial charge in [0.15, 0.2) is 0 Å². The Balaban J connectivity index is 1.34. The van der Waals surface area contributed by atoms with Gasteiger partial charge in [0.2, 0.25) is 0 Å². The highest BCUT2D eigenvalue weighted by Gasteiger charge is 2.17. The van der Waals surface area contributed by atoms with Crippen molar-refractivity contribution < 1.29 is 4.74 Å². The molecule has 0 spiro atoms. The second kappa shape index (κ2) is 7.78. The van der Waals surface area contributed by atoms with Gasteiger partial charge in [0, 0.05) is 45.0 Å². The molecule has 2 fully saturated rings. The van der Waals surface area contributed by atoms with E-state index in [2.05, 4.69) is 45.0 Å². The van der Waals surface area contributed by atoms with Gasteiger partial charge in [-0.25, -0.2) is 0 Å². The minimum atomic E-state index is 0.912. The Morgan fingerprint density at radius 3 is 2.05 bits per heavy atom. The maximum absolute atomic E-state index is 5.39. The monoisotopic (exact) mass is 289 g/mol. The number of piperazine rings is 1. The molecule has 3 rings (SSSR count). The molecule has 0 unspecified atom stereocenters. The Hall–Kier alpha value is -1.10. The molecule has 0 aromatic heterocycles. The SMILES string of the molecule is c1ccc(N2CCN(CCCN3CCOCC3)CC2)cc1. The lowest BCUT2D eigenvalue weighted by Crippen LogP contribution is -2.47. The van der Waals surface area contributed by atoms with Crippen molar-refractivity contribution in [3.05, 3.63) is 30.3 Å². The van der Waals surface area contributed by atoms with Gasteiger partial charge in [-0.3, -0.25) is 9.80 Å². The topological polar surface area (TPSA) is 19.0 Å². The summed E-state index contributed by atoms with van der Waals surface area (Å²) in [5, 5.41) is 0. The van der Waals surface area contributed by atoms with Crippen LogP contribution in [0.3, 0.4) is 0 Å². The molecule has 1 aromatic rings. The van der Waals surface area contributed by atoms with Gasteiger partial charge in [-0.15, -0.1) is 0 Å². The first-order valence-corrected chi connectivity index (χ1v) is 8.24. The standard InChI is InChI=1S/C17H27N3O/c1-2-5-17(6-3-1)20-11-9-18(10-12-20)7-4-8-19-13-15-21-16-14-19/h1-3,5-6H,4,7-16H2. The quantitative estimate of drug-likeness (QED) is 0.818. The molecule has 4 nitrogen and oxygen atoms in total. The zero-order valence-electron chi connectivity index (χ0n) is 12.9. The van der Waals surface area contributed by atoms with E-state index in [4.69, 9.17) is 4.74 Å². The number of benzene rings is 1. The Morgan fingerprint density at radius 1 is 0.762 bits per heavy atom. The molecule has 2 aliphatic rings. The summed E-state index contributed by atoms with van der Waals surface area (Å²) in [7, 11) is 0. The van der Waals surface area contributed by atoms with E-state index in [1.807, 2.05) is 0 Å². The van der Waals surface area contributed by atoms with Crippen LogP contribution in [0.25, 0.3) is 0 Å². The van der Waals surface area contributed by atoms with Gasteiger partial charge in [-0.05, 0) is 31.6 Å². The Bertz CT molecular complexity index is 398. The van der Waals surface area contributed by atoms with Crippen LogP contribution in [0.4, 0.5) is 5.69 Å². The van der Waals surface area contributed by atoms with Crippen molar-refractivity contribution in [2.24, 2.45) is 0 Å². The largest absolute Gasteiger partial charge is 0.379 e. The van der Waals surface area contributed by atoms with Gasteiger partial charge in [0.25, 0.3) is 0 Å². The fourth-order valence-electron chi connectivity index (χ4n) is 3.21. The minimum Gasteiger partial charge on any atom is -0.379 e. The average molecular weight is 289 g/mol. The van der Waals surface area contributed by atoms with Crippen LogP contribution in [0.5, 0.6) is 0 Å². The van der Waals surface area contributed by atoms with Crippen molar-refractivity contribution in [1.82, 2.24) is 9.80 Å². The van der Waals surface area contributed by atoms with Crippen molar-refractivity contribution in [2.45, 2.75) is 6.42 Å². The highest BCUT2D eigenvalue weighted by Crippen LogP contribution is 2.15. The van der Waals surface area contributed by atoms with E-state index < -0.39 is 0 Å². The van der Waals surface area contributed by atoms with E-state index in [9.17, 15) is 0 Å². The fraction of sp³-hybridized carbons (Fsp3) is 0.647. The summed E-state index contributed by atoms with van der Waals surface area (Å²) in [6.07, 6.45) is 1.28. The van der Waals surface area contributed by atoms with Crippen molar-refractivity contribution in [2.75, 3.05) is 70.5 Å². The highest BCUT2D eigenvalue weighted by atomic mass is 16.5. The first-order valence-electron chi connectivity index (χ1n) is 8.24. The third-order valence-electron chi connectivity index (χ3n) is 4.55. The second-order valence-corrected chi connectivity index (χ2v) is 5.97. The van der Waals surface area contributed by atoms with E-state index in [0.29, 0.717) is 0 Å². The number of ether oxygens (including phenoxy) is 1. The van der Waals surface area contributed by atoms with Crippen molar-refractivity contribution in [1.29, 1.82) is 0 Å². The molecule has 0 saturated carbocycles. The summed E-state index contributed by atoms with van der Waals surface area (Å²) in [6, 6.07) is 10.8. The number of hydrogen-bond acceptors (Lipinski definition) is 4. The summed E-state index contributed by atoms with van der Waals surface area (Å²) < 4.78 is 5.39. The summed E-state index contributed by atoms with van der Waals surface area (Å²) in [5.41, 5.74) is 1.37. The molecule has 116 valence electrons. The third kappa shape index (κ3) is 4.43. The first-order chi connectivity index (χ1) is 10.4. The third-order valence-corrected chi connectivity index (χ3v) is 4.55. The van der Waals surface area contributed by atoms with E-state index in [-0.39, 0.29) is 0 Å². The lowest BCUT2D eigenvalue weighted by molar-refractivity contribution is 0.0360. The minimum absolute atomic E-state index is 0.912. The number of nitrogens with zero attached hydrogens (tertiary/aromatic N) is 3. The summed E-state index contributed by atoms with van der Waals surface area (Å²) in [6.45, 7) is 11.2. The molecule has 0 radical (unpaired) electrons. The number of rotatable bonds is 5. The normalized spacial score (nSPS) is 21.6. The second-order valence-electron chi connectivity index (χ2n) is 5.97. The maximum atomic E-state index is 5.39. The van der Waals surface area contributed by atoms with Crippen LogP contribution < -0.4 is 4.90 Å². The van der Waals surface area contributed by atoms with Crippen LogP contribution in [0, 0.1) is 0 Å². The number of anilines is 1. The molecule has 0 N–H and O–H groups in total. The van der Waals surface area contributed by atoms with Gasteiger partial charge in [0.1, 0.15) is 0 Å². The molecule has 1 aromatic carbocycles. The Kier molecular flexibility index (Phi) is 5.49. The zero-order valence-corrected chi connectivity index (χ0v) is 12.9. The number of para-hydroxylation sites is 1. The summed E-state index contributed by atoms with van der Waals surface area (Å²) >= 11 is 0. The van der Waals surface area contributed by atoms with Gasteiger partial charge < -0.3 is 9.64 Å². The first kappa shape index (κ1) is 14.8. The molecule has 0 aliphatic carbocycles. The van der Waals surface area contributed by atoms with Crippen LogP contribution >= 0.6 is 0 Å². The number of hydrogen-bond donors (Lipinski definition) is 0. The number of morpholine rings is 1. The van der Waals surface area contributed by atoms with Gasteiger partial charge in [0.05, 0.1) is 13.2 Å². The van der Waals surface area contributed by atoms with Crippen LogP contribution in [-0.4, -0.2) is 75.4 Å². The maximum Gasteiger partial charge on any atom is 0.0594 e. The summed E-state index contributed by atoms with van der Waals surface area (Å²) in [4.78, 5) is 7.64. The molecule has 2 heterocycles. The van der Waals surface area contributed by atoms with Crippen LogP contribution in [0.15, 0.2) is 30.3 Å². The lowest BCUT2D eigenvalue weighted by atomic mass is 10.2. The van der Waals surface area contributed by atoms with E-state index in [1.165, 1.54) is 38.3 Å². The lowest BCUT2D eigenvalue weighted by Gasteiger charge is -2.36. The molecule has 2 saturated heterocycles. The molecule has 0 amide bonds. The molecular weight excluding hydrogens is 262 g/mol. The molecule has 21 heavy (non-hydrogen) atoms. The highest BCUT2D eigenvalue weighted by molar-refractivity contribution is 5.46. The Labute approximate surface area is 128 Å². The molecule has 0 bridgehead atoms. The Morgan fingerprint density at radius 2 is 1.38 bits per heavy atom. The zero-order chi connectivity index (χ0) is 14.3. The van der Waals surface area contributed by atoms with Gasteiger partial charge >= 0.3 is 0 Å². The average Bonchev–Trinajstić information content (AvgIpc) is 2.57. The predicted molar refractivity (Wildman–Crippen MR) is 87.0 cm³/mol. The predicted octanol–water partition coefficient (Wildman–Crippen LogP) is 1.53. The molecule has 0 atom stereocenters. The summed E-state index contributed by atoms with van der Waals surface area (Å²) in [5.74, 6) is 0. The van der Waals surface area contributed by atoms with E-state index >= 15 is 0 Å². The molecule has 2 aliphatic heterocycles. The van der Waals surface area contributed by atoms with Crippen molar-refractivity contribution in [3.63, 3.8) is 0 Å². The van der Waals surface area contributed by atoms with Crippen LogP contribution in [0.2, 0.25) is 0 Å². The van der Waals surface area contributed by atoms with E-state index in [0.717, 1.165) is 39.4 Å². The molecular formula is C17H27N3O. The van der Waals surface area contributed by atoms with Gasteiger partial charge in [-0.1, -0.05) is 18.2 Å². The van der Waals surface area contributed by atoms with E-state index in [1.54, 1.807) is 0 Å². The molecule has 4 heteroatoms. The van der Waals surface area contributed by atoms with Crippen molar-refractivity contribution in [3.8, 4) is 0 Å².